The van der Waals surface area contributed by atoms with Crippen LogP contribution in [-0.2, 0) is 6.42 Å². The number of hydrogen-bond donors (Lipinski definition) is 0. The Morgan fingerprint density at radius 3 is 2.91 bits per heavy atom. The maximum Gasteiger partial charge on any atom is 0.225 e. The van der Waals surface area contributed by atoms with Gasteiger partial charge in [-0.3, -0.25) is 0 Å². The van der Waals surface area contributed by atoms with Crippen molar-refractivity contribution in [2.75, 3.05) is 11.5 Å². The van der Waals surface area contributed by atoms with Gasteiger partial charge in [-0.1, -0.05) is 13.3 Å². The molecule has 0 saturated heterocycles. The molecule has 0 radical (unpaired) electrons. The SMILES string of the molecule is CCSCC1CCc2sc3ncnc(OC4CCCCC4)c3c21. The van der Waals surface area contributed by atoms with Crippen molar-refractivity contribution < 1.29 is 4.74 Å². The van der Waals surface area contributed by atoms with Crippen LogP contribution in [0.25, 0.3) is 10.2 Å². The summed E-state index contributed by atoms with van der Waals surface area (Å²) in [6.07, 6.45) is 10.8. The Kier molecular flexibility index (Phi) is 4.76. The first kappa shape index (κ1) is 15.7. The number of aromatic nitrogens is 2. The quantitative estimate of drug-likeness (QED) is 0.745. The van der Waals surface area contributed by atoms with E-state index in [1.165, 1.54) is 72.3 Å². The van der Waals surface area contributed by atoms with Crippen LogP contribution in [0.5, 0.6) is 5.88 Å². The second-order valence-corrected chi connectivity index (χ2v) is 8.97. The third-order valence-electron chi connectivity index (χ3n) is 5.05. The molecule has 5 heteroatoms. The first-order valence-electron chi connectivity index (χ1n) is 8.87. The van der Waals surface area contributed by atoms with Crippen LogP contribution in [0.15, 0.2) is 6.33 Å². The normalized spacial score (nSPS) is 21.7. The highest BCUT2D eigenvalue weighted by Gasteiger charge is 2.30. The predicted octanol–water partition coefficient (Wildman–Crippen LogP) is 5.19. The molecule has 2 aromatic heterocycles. The summed E-state index contributed by atoms with van der Waals surface area (Å²) in [4.78, 5) is 11.7. The molecule has 23 heavy (non-hydrogen) atoms. The number of thiophene rings is 1. The molecule has 0 aromatic carbocycles. The fourth-order valence-electron chi connectivity index (χ4n) is 3.90. The van der Waals surface area contributed by atoms with E-state index < -0.39 is 0 Å². The van der Waals surface area contributed by atoms with Crippen molar-refractivity contribution in [2.45, 2.75) is 63.9 Å². The molecule has 1 saturated carbocycles. The fraction of sp³-hybridized carbons (Fsp3) is 0.667. The molecule has 1 unspecified atom stereocenters. The number of nitrogens with zero attached hydrogens (tertiary/aromatic N) is 2. The van der Waals surface area contributed by atoms with E-state index in [1.807, 2.05) is 23.1 Å². The molecule has 1 atom stereocenters. The largest absolute Gasteiger partial charge is 0.474 e. The van der Waals surface area contributed by atoms with E-state index in [9.17, 15) is 0 Å². The third-order valence-corrected chi connectivity index (χ3v) is 7.27. The zero-order valence-corrected chi connectivity index (χ0v) is 15.3. The van der Waals surface area contributed by atoms with Crippen molar-refractivity contribution in [1.82, 2.24) is 9.97 Å². The number of rotatable bonds is 5. The number of ether oxygens (including phenoxy) is 1. The molecule has 2 aliphatic carbocycles. The van der Waals surface area contributed by atoms with Crippen LogP contribution in [0, 0.1) is 0 Å². The molecule has 0 spiro atoms. The number of hydrogen-bond acceptors (Lipinski definition) is 5. The topological polar surface area (TPSA) is 35.0 Å². The first-order chi connectivity index (χ1) is 11.4. The second-order valence-electron chi connectivity index (χ2n) is 6.57. The Bertz CT molecular complexity index is 679. The predicted molar refractivity (Wildman–Crippen MR) is 99.0 cm³/mol. The average Bonchev–Trinajstić information content (AvgIpc) is 3.13. The highest BCUT2D eigenvalue weighted by Crippen LogP contribution is 2.47. The van der Waals surface area contributed by atoms with Crippen LogP contribution >= 0.6 is 23.1 Å². The van der Waals surface area contributed by atoms with Crippen molar-refractivity contribution in [1.29, 1.82) is 0 Å². The van der Waals surface area contributed by atoms with Gasteiger partial charge in [0.15, 0.2) is 0 Å². The Morgan fingerprint density at radius 1 is 1.22 bits per heavy atom. The first-order valence-corrected chi connectivity index (χ1v) is 10.8. The van der Waals surface area contributed by atoms with Crippen molar-refractivity contribution >= 4 is 33.3 Å². The molecule has 2 aromatic rings. The standard InChI is InChI=1S/C18H24N2OS2/c1-2-22-10-12-8-9-14-15(12)16-17(19-11-20-18(16)23-14)21-13-6-4-3-5-7-13/h11-13H,2-10H2,1H3. The minimum atomic E-state index is 0.349. The lowest BCUT2D eigenvalue weighted by Crippen LogP contribution is -2.20. The lowest BCUT2D eigenvalue weighted by Gasteiger charge is -2.23. The lowest BCUT2D eigenvalue weighted by atomic mass is 9.98. The van der Waals surface area contributed by atoms with Gasteiger partial charge in [0.1, 0.15) is 17.3 Å². The van der Waals surface area contributed by atoms with Crippen molar-refractivity contribution in [3.8, 4) is 5.88 Å². The molecule has 2 aliphatic rings. The van der Waals surface area contributed by atoms with E-state index in [1.54, 1.807) is 6.33 Å². The minimum absolute atomic E-state index is 0.349. The van der Waals surface area contributed by atoms with Gasteiger partial charge in [0.2, 0.25) is 5.88 Å². The number of thioether (sulfide) groups is 1. The number of aryl methyl sites for hydroxylation is 1. The Balaban J connectivity index is 1.68. The number of fused-ring (bicyclic) bond motifs is 3. The minimum Gasteiger partial charge on any atom is -0.474 e. The Hall–Kier alpha value is -0.810. The van der Waals surface area contributed by atoms with E-state index in [2.05, 4.69) is 16.9 Å². The van der Waals surface area contributed by atoms with E-state index in [-0.39, 0.29) is 0 Å². The summed E-state index contributed by atoms with van der Waals surface area (Å²) in [7, 11) is 0. The highest BCUT2D eigenvalue weighted by molar-refractivity contribution is 7.99. The molecule has 4 rings (SSSR count). The van der Waals surface area contributed by atoms with Crippen LogP contribution in [0.3, 0.4) is 0 Å². The second kappa shape index (κ2) is 6.98. The van der Waals surface area contributed by atoms with Crippen LogP contribution < -0.4 is 4.74 Å². The molecular formula is C18H24N2OS2. The van der Waals surface area contributed by atoms with Gasteiger partial charge in [0.25, 0.3) is 0 Å². The van der Waals surface area contributed by atoms with Crippen molar-refractivity contribution in [2.24, 2.45) is 0 Å². The Morgan fingerprint density at radius 2 is 2.09 bits per heavy atom. The molecule has 1 fully saturated rings. The summed E-state index contributed by atoms with van der Waals surface area (Å²) in [5.41, 5.74) is 1.51. The van der Waals surface area contributed by atoms with Crippen LogP contribution in [0.1, 0.15) is 61.8 Å². The van der Waals surface area contributed by atoms with E-state index in [0.717, 1.165) is 10.7 Å². The molecule has 0 aliphatic heterocycles. The van der Waals surface area contributed by atoms with Gasteiger partial charge in [-0.2, -0.15) is 11.8 Å². The van der Waals surface area contributed by atoms with Gasteiger partial charge >= 0.3 is 0 Å². The van der Waals surface area contributed by atoms with E-state index >= 15 is 0 Å². The molecular weight excluding hydrogens is 324 g/mol. The summed E-state index contributed by atoms with van der Waals surface area (Å²) in [5, 5.41) is 1.23. The summed E-state index contributed by atoms with van der Waals surface area (Å²) in [6, 6.07) is 0. The van der Waals surface area contributed by atoms with Gasteiger partial charge in [0.05, 0.1) is 5.39 Å². The lowest BCUT2D eigenvalue weighted by molar-refractivity contribution is 0.150. The summed E-state index contributed by atoms with van der Waals surface area (Å²) >= 11 is 3.90. The summed E-state index contributed by atoms with van der Waals surface area (Å²) < 4.78 is 6.35. The Labute approximate surface area is 146 Å². The fourth-order valence-corrected chi connectivity index (χ4v) is 5.98. The molecule has 3 nitrogen and oxygen atoms in total. The highest BCUT2D eigenvalue weighted by atomic mass is 32.2. The van der Waals surface area contributed by atoms with Crippen LogP contribution in [0.2, 0.25) is 0 Å². The van der Waals surface area contributed by atoms with Crippen molar-refractivity contribution in [3.63, 3.8) is 0 Å². The van der Waals surface area contributed by atoms with Crippen LogP contribution in [-0.4, -0.2) is 27.6 Å². The molecule has 124 valence electrons. The van der Waals surface area contributed by atoms with Gasteiger partial charge in [-0.15, -0.1) is 11.3 Å². The maximum absolute atomic E-state index is 6.35. The zero-order valence-electron chi connectivity index (χ0n) is 13.7. The maximum atomic E-state index is 6.35. The van der Waals surface area contributed by atoms with Gasteiger partial charge < -0.3 is 4.74 Å². The van der Waals surface area contributed by atoms with E-state index in [4.69, 9.17) is 4.74 Å². The third kappa shape index (κ3) is 3.10. The molecule has 0 bridgehead atoms. The van der Waals surface area contributed by atoms with Crippen LogP contribution in [0.4, 0.5) is 0 Å². The summed E-state index contributed by atoms with van der Waals surface area (Å²) in [6.45, 7) is 2.24. The van der Waals surface area contributed by atoms with Gasteiger partial charge in [-0.25, -0.2) is 9.97 Å². The summed E-state index contributed by atoms with van der Waals surface area (Å²) in [5.74, 6) is 3.92. The van der Waals surface area contributed by atoms with Gasteiger partial charge in [0, 0.05) is 10.6 Å². The zero-order chi connectivity index (χ0) is 15.6. The smallest absolute Gasteiger partial charge is 0.225 e. The average molecular weight is 349 g/mol. The molecule has 0 N–H and O–H groups in total. The van der Waals surface area contributed by atoms with E-state index in [0.29, 0.717) is 12.0 Å². The van der Waals surface area contributed by atoms with Crippen molar-refractivity contribution in [3.05, 3.63) is 16.8 Å². The van der Waals surface area contributed by atoms with Gasteiger partial charge in [-0.05, 0) is 55.8 Å². The molecule has 2 heterocycles. The molecule has 0 amide bonds. The monoisotopic (exact) mass is 348 g/mol.